The number of nitrogens with zero attached hydrogens (tertiary/aromatic N) is 2. The first-order valence-corrected chi connectivity index (χ1v) is 10.2. The van der Waals surface area contributed by atoms with Gasteiger partial charge < -0.3 is 10.2 Å². The first kappa shape index (κ1) is 19.4. The summed E-state index contributed by atoms with van der Waals surface area (Å²) in [5.41, 5.74) is 3.40. The fourth-order valence-electron chi connectivity index (χ4n) is 4.17. The van der Waals surface area contributed by atoms with E-state index < -0.39 is 0 Å². The summed E-state index contributed by atoms with van der Waals surface area (Å²) < 4.78 is 0. The van der Waals surface area contributed by atoms with Crippen molar-refractivity contribution in [3.05, 3.63) is 77.9 Å². The van der Waals surface area contributed by atoms with Gasteiger partial charge >= 0.3 is 0 Å². The summed E-state index contributed by atoms with van der Waals surface area (Å²) in [5, 5.41) is 3.01. The van der Waals surface area contributed by atoms with E-state index in [1.165, 1.54) is 10.5 Å². The molecule has 1 atom stereocenters. The van der Waals surface area contributed by atoms with Gasteiger partial charge in [0, 0.05) is 36.5 Å². The van der Waals surface area contributed by atoms with Crippen LogP contribution in [0.2, 0.25) is 0 Å². The van der Waals surface area contributed by atoms with Crippen LogP contribution in [-0.4, -0.2) is 54.3 Å². The minimum absolute atomic E-state index is 0.0246. The van der Waals surface area contributed by atoms with E-state index in [2.05, 4.69) is 41.1 Å². The van der Waals surface area contributed by atoms with Crippen LogP contribution >= 0.6 is 0 Å². The van der Waals surface area contributed by atoms with Gasteiger partial charge in [0.1, 0.15) is 6.54 Å². The van der Waals surface area contributed by atoms with Gasteiger partial charge in [-0.05, 0) is 36.9 Å². The smallest absolute Gasteiger partial charge is 0.259 e. The molecule has 29 heavy (non-hydrogen) atoms. The summed E-state index contributed by atoms with van der Waals surface area (Å²) in [5.74, 6) is 0.188. The molecule has 1 fully saturated rings. The number of rotatable bonds is 7. The molecule has 0 spiro atoms. The monoisotopic (exact) mass is 389 g/mol. The van der Waals surface area contributed by atoms with Gasteiger partial charge in [-0.25, -0.2) is 0 Å². The quantitative estimate of drug-likeness (QED) is 0.792. The van der Waals surface area contributed by atoms with Crippen LogP contribution in [-0.2, 0) is 11.2 Å². The lowest BCUT2D eigenvalue weighted by atomic mass is 10.1. The number of carbonyl (C=O) groups is 2. The Bertz CT molecular complexity index is 874. The molecular formula is C24H27N3O2. The molecule has 1 saturated heterocycles. The molecule has 1 N–H and O–H groups in total. The van der Waals surface area contributed by atoms with Gasteiger partial charge in [-0.2, -0.15) is 0 Å². The highest BCUT2D eigenvalue weighted by Gasteiger charge is 2.32. The molecule has 2 aliphatic rings. The van der Waals surface area contributed by atoms with Gasteiger partial charge in [-0.3, -0.25) is 14.5 Å². The van der Waals surface area contributed by atoms with Crippen molar-refractivity contribution in [2.45, 2.75) is 12.8 Å². The molecule has 0 bridgehead atoms. The lowest BCUT2D eigenvalue weighted by molar-refractivity contribution is -0.121. The normalized spacial score (nSPS) is 18.9. The summed E-state index contributed by atoms with van der Waals surface area (Å²) in [6.07, 6.45) is 2.15. The Labute approximate surface area is 172 Å². The van der Waals surface area contributed by atoms with Gasteiger partial charge in [-0.1, -0.05) is 55.1 Å². The number of amides is 2. The average molecular weight is 389 g/mol. The fraction of sp³-hybridized carbons (Fsp3) is 0.333. The Balaban J connectivity index is 1.21. The number of nitrogens with one attached hydrogen (secondary N) is 1. The molecule has 2 aliphatic heterocycles. The highest BCUT2D eigenvalue weighted by atomic mass is 16.2. The Kier molecular flexibility index (Phi) is 5.76. The number of hydrogen-bond donors (Lipinski definition) is 1. The molecule has 0 radical (unpaired) electrons. The second kappa shape index (κ2) is 8.62. The van der Waals surface area contributed by atoms with Crippen molar-refractivity contribution in [1.29, 1.82) is 0 Å². The van der Waals surface area contributed by atoms with E-state index in [9.17, 15) is 9.59 Å². The van der Waals surface area contributed by atoms with Gasteiger partial charge in [0.25, 0.3) is 5.91 Å². The molecule has 1 unspecified atom stereocenters. The third kappa shape index (κ3) is 4.40. The molecule has 4 rings (SSSR count). The van der Waals surface area contributed by atoms with Crippen molar-refractivity contribution in [3.63, 3.8) is 0 Å². The van der Waals surface area contributed by atoms with Crippen molar-refractivity contribution < 1.29 is 9.59 Å². The first-order chi connectivity index (χ1) is 14.1. The first-order valence-electron chi connectivity index (χ1n) is 10.2. The molecule has 0 aromatic heterocycles. The van der Waals surface area contributed by atoms with E-state index in [1.54, 1.807) is 6.07 Å². The molecule has 2 amide bonds. The van der Waals surface area contributed by atoms with E-state index >= 15 is 0 Å². The minimum atomic E-state index is -0.145. The standard InChI is InChI=1S/C24H27N3O2/c1-18-21-9-5-6-10-22(21)24(29)27(18)17-23(28)25-15-20-12-14-26(16-20)13-11-19-7-3-2-4-8-19/h2-10,20H,1,11-17H2,(H,25,28). The van der Waals surface area contributed by atoms with E-state index in [0.29, 0.717) is 23.7 Å². The van der Waals surface area contributed by atoms with E-state index in [1.807, 2.05) is 24.3 Å². The third-order valence-corrected chi connectivity index (χ3v) is 5.86. The zero-order valence-corrected chi connectivity index (χ0v) is 16.6. The fourth-order valence-corrected chi connectivity index (χ4v) is 4.17. The number of likely N-dealkylation sites (tertiary alicyclic amines) is 1. The zero-order chi connectivity index (χ0) is 20.2. The molecule has 0 saturated carbocycles. The van der Waals surface area contributed by atoms with Crippen LogP contribution in [0.4, 0.5) is 0 Å². The van der Waals surface area contributed by atoms with E-state index in [4.69, 9.17) is 0 Å². The Morgan fingerprint density at radius 1 is 1.07 bits per heavy atom. The zero-order valence-electron chi connectivity index (χ0n) is 16.6. The number of hydrogen-bond acceptors (Lipinski definition) is 3. The largest absolute Gasteiger partial charge is 0.354 e. The predicted octanol–water partition coefficient (Wildman–Crippen LogP) is 2.79. The van der Waals surface area contributed by atoms with Gasteiger partial charge in [-0.15, -0.1) is 0 Å². The summed E-state index contributed by atoms with van der Waals surface area (Å²) in [6, 6.07) is 17.9. The average Bonchev–Trinajstić information content (AvgIpc) is 3.30. The van der Waals surface area contributed by atoms with Crippen LogP contribution in [0, 0.1) is 5.92 Å². The Morgan fingerprint density at radius 2 is 1.79 bits per heavy atom. The van der Waals surface area contributed by atoms with Crippen molar-refractivity contribution in [2.75, 3.05) is 32.7 Å². The van der Waals surface area contributed by atoms with E-state index in [0.717, 1.165) is 38.0 Å². The van der Waals surface area contributed by atoms with Gasteiger partial charge in [0.15, 0.2) is 0 Å². The molecule has 0 aliphatic carbocycles. The SMILES string of the molecule is C=C1c2ccccc2C(=O)N1CC(=O)NCC1CCN(CCc2ccccc2)C1. The molecule has 150 valence electrons. The van der Waals surface area contributed by atoms with Crippen LogP contribution in [0.5, 0.6) is 0 Å². The number of carbonyl (C=O) groups excluding carboxylic acids is 2. The summed E-state index contributed by atoms with van der Waals surface area (Å²) in [7, 11) is 0. The van der Waals surface area contributed by atoms with Gasteiger partial charge in [0.2, 0.25) is 5.91 Å². The molecule has 2 heterocycles. The van der Waals surface area contributed by atoms with Crippen LogP contribution in [0.25, 0.3) is 5.70 Å². The molecule has 5 heteroatoms. The Morgan fingerprint density at radius 3 is 2.55 bits per heavy atom. The van der Waals surface area contributed by atoms with Crippen LogP contribution in [0.1, 0.15) is 27.9 Å². The van der Waals surface area contributed by atoms with E-state index in [-0.39, 0.29) is 18.4 Å². The summed E-state index contributed by atoms with van der Waals surface area (Å²) >= 11 is 0. The van der Waals surface area contributed by atoms with Crippen LogP contribution < -0.4 is 5.32 Å². The maximum Gasteiger partial charge on any atom is 0.259 e. The van der Waals surface area contributed by atoms with Gasteiger partial charge in [0.05, 0.1) is 0 Å². The van der Waals surface area contributed by atoms with Crippen LogP contribution in [0.15, 0.2) is 61.2 Å². The van der Waals surface area contributed by atoms with Crippen molar-refractivity contribution in [3.8, 4) is 0 Å². The second-order valence-corrected chi connectivity index (χ2v) is 7.88. The number of fused-ring (bicyclic) bond motifs is 1. The number of benzene rings is 2. The van der Waals surface area contributed by atoms with Crippen LogP contribution in [0.3, 0.4) is 0 Å². The molecule has 2 aromatic rings. The highest BCUT2D eigenvalue weighted by molar-refractivity contribution is 6.10. The second-order valence-electron chi connectivity index (χ2n) is 7.88. The maximum atomic E-state index is 12.5. The minimum Gasteiger partial charge on any atom is -0.354 e. The maximum absolute atomic E-state index is 12.5. The lowest BCUT2D eigenvalue weighted by Gasteiger charge is -2.19. The summed E-state index contributed by atoms with van der Waals surface area (Å²) in [4.78, 5) is 28.9. The molecular weight excluding hydrogens is 362 g/mol. The molecule has 5 nitrogen and oxygen atoms in total. The Hall–Kier alpha value is -2.92. The molecule has 2 aromatic carbocycles. The van der Waals surface area contributed by atoms with Crippen molar-refractivity contribution in [1.82, 2.24) is 15.1 Å². The van der Waals surface area contributed by atoms with Crippen molar-refractivity contribution >= 4 is 17.5 Å². The predicted molar refractivity (Wildman–Crippen MR) is 114 cm³/mol. The highest BCUT2D eigenvalue weighted by Crippen LogP contribution is 2.30. The van der Waals surface area contributed by atoms with Crippen molar-refractivity contribution in [2.24, 2.45) is 5.92 Å². The topological polar surface area (TPSA) is 52.7 Å². The lowest BCUT2D eigenvalue weighted by Crippen LogP contribution is -2.39. The summed E-state index contributed by atoms with van der Waals surface area (Å²) in [6.45, 7) is 7.80. The third-order valence-electron chi connectivity index (χ3n) is 5.86.